The summed E-state index contributed by atoms with van der Waals surface area (Å²) in [6.07, 6.45) is 0.738. The summed E-state index contributed by atoms with van der Waals surface area (Å²) in [5, 5.41) is 10.2. The molecule has 16 heavy (non-hydrogen) atoms. The van der Waals surface area contributed by atoms with Crippen LogP contribution in [0.4, 0.5) is 0 Å². The predicted molar refractivity (Wildman–Crippen MR) is 67.8 cm³/mol. The molecule has 0 bridgehead atoms. The van der Waals surface area contributed by atoms with Crippen molar-refractivity contribution in [1.82, 2.24) is 4.57 Å². The molecule has 0 aliphatic rings. The Labute approximate surface area is 96.5 Å². The van der Waals surface area contributed by atoms with Crippen LogP contribution < -0.4 is 0 Å². The minimum Gasteiger partial charge on any atom is -0.396 e. The number of hydrogen-bond donors (Lipinski definition) is 1. The summed E-state index contributed by atoms with van der Waals surface area (Å²) in [7, 11) is 0. The summed E-state index contributed by atoms with van der Waals surface area (Å²) in [5.74, 6) is 0. The van der Waals surface area contributed by atoms with Gasteiger partial charge in [-0.05, 0) is 51.0 Å². The highest BCUT2D eigenvalue weighted by Crippen LogP contribution is 2.24. The summed E-state index contributed by atoms with van der Waals surface area (Å²) in [6.45, 7) is 6.77. The summed E-state index contributed by atoms with van der Waals surface area (Å²) >= 11 is 0. The second-order valence-corrected chi connectivity index (χ2v) is 4.62. The van der Waals surface area contributed by atoms with E-state index < -0.39 is 0 Å². The van der Waals surface area contributed by atoms with Crippen molar-refractivity contribution < 1.29 is 5.11 Å². The first-order valence-corrected chi connectivity index (χ1v) is 5.85. The summed E-state index contributed by atoms with van der Waals surface area (Å²) < 4.78 is 2.35. The summed E-state index contributed by atoms with van der Waals surface area (Å²) in [5.41, 5.74) is 3.79. The minimum atomic E-state index is 0.218. The van der Waals surface area contributed by atoms with E-state index in [1.807, 2.05) is 0 Å². The molecule has 0 atom stereocenters. The maximum atomic E-state index is 8.93. The molecule has 0 unspecified atom stereocenters. The molecule has 2 nitrogen and oxygen atoms in total. The van der Waals surface area contributed by atoms with Gasteiger partial charge in [-0.1, -0.05) is 6.07 Å². The quantitative estimate of drug-likeness (QED) is 0.839. The van der Waals surface area contributed by atoms with Crippen molar-refractivity contribution >= 4 is 10.9 Å². The van der Waals surface area contributed by atoms with E-state index in [0.29, 0.717) is 6.04 Å². The highest BCUT2D eigenvalue weighted by molar-refractivity contribution is 5.82. The first-order valence-electron chi connectivity index (χ1n) is 5.85. The van der Waals surface area contributed by atoms with Gasteiger partial charge in [0.1, 0.15) is 0 Å². The fourth-order valence-electron chi connectivity index (χ4n) is 2.39. The van der Waals surface area contributed by atoms with E-state index in [0.717, 1.165) is 6.42 Å². The Kier molecular flexibility index (Phi) is 3.01. The van der Waals surface area contributed by atoms with E-state index >= 15 is 0 Å². The number of aliphatic hydroxyl groups is 1. The molecule has 2 rings (SSSR count). The normalized spacial score (nSPS) is 11.6. The lowest BCUT2D eigenvalue weighted by Gasteiger charge is -2.12. The number of aromatic nitrogens is 1. The zero-order valence-electron chi connectivity index (χ0n) is 10.2. The molecule has 2 aromatic rings. The van der Waals surface area contributed by atoms with Crippen LogP contribution in [-0.2, 0) is 6.42 Å². The van der Waals surface area contributed by atoms with E-state index in [1.54, 1.807) is 0 Å². The molecule has 1 heterocycles. The average Bonchev–Trinajstić information content (AvgIpc) is 2.53. The molecule has 0 fully saturated rings. The van der Waals surface area contributed by atoms with Gasteiger partial charge in [-0.25, -0.2) is 0 Å². The maximum Gasteiger partial charge on any atom is 0.0485 e. The van der Waals surface area contributed by atoms with Gasteiger partial charge < -0.3 is 9.67 Å². The van der Waals surface area contributed by atoms with Crippen LogP contribution in [0.25, 0.3) is 10.9 Å². The van der Waals surface area contributed by atoms with Crippen LogP contribution in [0.15, 0.2) is 24.3 Å². The van der Waals surface area contributed by atoms with Crippen molar-refractivity contribution in [3.8, 4) is 0 Å². The number of nitrogens with zero attached hydrogens (tertiary/aromatic N) is 1. The number of rotatable bonds is 3. The second-order valence-electron chi connectivity index (χ2n) is 4.62. The van der Waals surface area contributed by atoms with Crippen molar-refractivity contribution in [2.75, 3.05) is 6.61 Å². The van der Waals surface area contributed by atoms with E-state index in [9.17, 15) is 0 Å². The second kappa shape index (κ2) is 4.30. The van der Waals surface area contributed by atoms with Crippen LogP contribution in [-0.4, -0.2) is 16.3 Å². The largest absolute Gasteiger partial charge is 0.396 e. The Balaban J connectivity index is 2.56. The SMILES string of the molecule is Cc1cc2cc(CCO)ccc2n1C(C)C. The molecule has 2 heteroatoms. The summed E-state index contributed by atoms with van der Waals surface area (Å²) in [4.78, 5) is 0. The zero-order valence-corrected chi connectivity index (χ0v) is 10.2. The Morgan fingerprint density at radius 1 is 1.25 bits per heavy atom. The third kappa shape index (κ3) is 1.85. The molecular formula is C14H19NO. The molecular weight excluding hydrogens is 198 g/mol. The van der Waals surface area contributed by atoms with E-state index in [2.05, 4.69) is 49.6 Å². The van der Waals surface area contributed by atoms with Crippen LogP contribution in [0.1, 0.15) is 31.1 Å². The van der Waals surface area contributed by atoms with Gasteiger partial charge >= 0.3 is 0 Å². The van der Waals surface area contributed by atoms with Gasteiger partial charge in [0.2, 0.25) is 0 Å². The summed E-state index contributed by atoms with van der Waals surface area (Å²) in [6, 6.07) is 9.15. The predicted octanol–water partition coefficient (Wildman–Crippen LogP) is 3.07. The van der Waals surface area contributed by atoms with Gasteiger partial charge in [-0.3, -0.25) is 0 Å². The van der Waals surface area contributed by atoms with E-state index in [-0.39, 0.29) is 6.61 Å². The van der Waals surface area contributed by atoms with Crippen molar-refractivity contribution in [2.45, 2.75) is 33.2 Å². The van der Waals surface area contributed by atoms with Gasteiger partial charge in [0.05, 0.1) is 0 Å². The van der Waals surface area contributed by atoms with Crippen LogP contribution in [0, 0.1) is 6.92 Å². The van der Waals surface area contributed by atoms with E-state index in [1.165, 1.54) is 22.2 Å². The third-order valence-electron chi connectivity index (χ3n) is 3.01. The average molecular weight is 217 g/mol. The molecule has 0 aliphatic heterocycles. The third-order valence-corrected chi connectivity index (χ3v) is 3.01. The number of aryl methyl sites for hydroxylation is 1. The molecule has 0 saturated heterocycles. The molecule has 0 spiro atoms. The standard InChI is InChI=1S/C14H19NO/c1-10(2)15-11(3)8-13-9-12(6-7-16)4-5-14(13)15/h4-5,8-10,16H,6-7H2,1-3H3. The van der Waals surface area contributed by atoms with Gasteiger partial charge in [0, 0.05) is 29.2 Å². The van der Waals surface area contributed by atoms with Crippen LogP contribution in [0.3, 0.4) is 0 Å². The van der Waals surface area contributed by atoms with Gasteiger partial charge in [0.25, 0.3) is 0 Å². The molecule has 86 valence electrons. The Morgan fingerprint density at radius 2 is 2.00 bits per heavy atom. The lowest BCUT2D eigenvalue weighted by Crippen LogP contribution is -2.02. The number of benzene rings is 1. The first kappa shape index (κ1) is 11.2. The fourth-order valence-corrected chi connectivity index (χ4v) is 2.39. The Morgan fingerprint density at radius 3 is 2.62 bits per heavy atom. The van der Waals surface area contributed by atoms with Crippen molar-refractivity contribution in [3.05, 3.63) is 35.5 Å². The first-order chi connectivity index (χ1) is 7.63. The monoisotopic (exact) mass is 217 g/mol. The number of aliphatic hydroxyl groups excluding tert-OH is 1. The van der Waals surface area contributed by atoms with Crippen LogP contribution >= 0.6 is 0 Å². The van der Waals surface area contributed by atoms with E-state index in [4.69, 9.17) is 5.11 Å². The Hall–Kier alpha value is -1.28. The maximum absolute atomic E-state index is 8.93. The lowest BCUT2D eigenvalue weighted by molar-refractivity contribution is 0.299. The smallest absolute Gasteiger partial charge is 0.0485 e. The lowest BCUT2D eigenvalue weighted by atomic mass is 10.1. The topological polar surface area (TPSA) is 25.2 Å². The number of fused-ring (bicyclic) bond motifs is 1. The van der Waals surface area contributed by atoms with Gasteiger partial charge in [-0.2, -0.15) is 0 Å². The molecule has 0 amide bonds. The molecule has 0 radical (unpaired) electrons. The number of hydrogen-bond acceptors (Lipinski definition) is 1. The van der Waals surface area contributed by atoms with Crippen molar-refractivity contribution in [1.29, 1.82) is 0 Å². The molecule has 1 aromatic carbocycles. The van der Waals surface area contributed by atoms with Gasteiger partial charge in [-0.15, -0.1) is 0 Å². The van der Waals surface area contributed by atoms with Crippen molar-refractivity contribution in [2.24, 2.45) is 0 Å². The highest BCUT2D eigenvalue weighted by atomic mass is 16.2. The molecule has 1 N–H and O–H groups in total. The van der Waals surface area contributed by atoms with Crippen molar-refractivity contribution in [3.63, 3.8) is 0 Å². The minimum absolute atomic E-state index is 0.218. The van der Waals surface area contributed by atoms with Crippen LogP contribution in [0.5, 0.6) is 0 Å². The Bertz CT molecular complexity index is 497. The zero-order chi connectivity index (χ0) is 11.7. The molecule has 0 saturated carbocycles. The van der Waals surface area contributed by atoms with Crippen LogP contribution in [0.2, 0.25) is 0 Å². The fraction of sp³-hybridized carbons (Fsp3) is 0.429. The molecule has 1 aromatic heterocycles. The van der Waals surface area contributed by atoms with Gasteiger partial charge in [0.15, 0.2) is 0 Å². The highest BCUT2D eigenvalue weighted by Gasteiger charge is 2.08. The molecule has 0 aliphatic carbocycles.